The van der Waals surface area contributed by atoms with Crippen molar-refractivity contribution < 1.29 is 0 Å². The van der Waals surface area contributed by atoms with Gasteiger partial charge in [0.05, 0.1) is 23.9 Å². The average Bonchev–Trinajstić information content (AvgIpc) is 2.38. The number of nitrogens with zero attached hydrogens (tertiary/aromatic N) is 2. The molecule has 0 amide bonds. The standard InChI is InChI=1S/C14H13N3/c1-11-8-12(9-15)5-6-14(11)17-10-13-4-2-3-7-16-13/h2-8,17H,10H2,1H3. The maximum atomic E-state index is 8.78. The van der Waals surface area contributed by atoms with Crippen molar-refractivity contribution in [2.24, 2.45) is 0 Å². The van der Waals surface area contributed by atoms with E-state index in [2.05, 4.69) is 16.4 Å². The van der Waals surface area contributed by atoms with Crippen molar-refractivity contribution in [1.29, 1.82) is 5.26 Å². The Labute approximate surface area is 101 Å². The van der Waals surface area contributed by atoms with E-state index in [0.29, 0.717) is 12.1 Å². The molecule has 0 unspecified atom stereocenters. The number of benzene rings is 1. The first-order valence-corrected chi connectivity index (χ1v) is 5.44. The van der Waals surface area contributed by atoms with Crippen molar-refractivity contribution in [3.05, 3.63) is 59.4 Å². The molecule has 1 N–H and O–H groups in total. The zero-order valence-electron chi connectivity index (χ0n) is 9.64. The molecule has 17 heavy (non-hydrogen) atoms. The molecule has 1 aromatic heterocycles. The minimum atomic E-state index is 0.686. The summed E-state index contributed by atoms with van der Waals surface area (Å²) in [4.78, 5) is 4.24. The molecule has 1 heterocycles. The number of nitriles is 1. The molecule has 0 atom stereocenters. The van der Waals surface area contributed by atoms with Gasteiger partial charge in [0.25, 0.3) is 0 Å². The zero-order chi connectivity index (χ0) is 12.1. The smallest absolute Gasteiger partial charge is 0.0991 e. The molecule has 0 bridgehead atoms. The summed E-state index contributed by atoms with van der Waals surface area (Å²) >= 11 is 0. The minimum absolute atomic E-state index is 0.686. The summed E-state index contributed by atoms with van der Waals surface area (Å²) in [5.74, 6) is 0. The van der Waals surface area contributed by atoms with E-state index in [1.165, 1.54) is 0 Å². The monoisotopic (exact) mass is 223 g/mol. The zero-order valence-corrected chi connectivity index (χ0v) is 9.64. The van der Waals surface area contributed by atoms with Gasteiger partial charge in [0, 0.05) is 11.9 Å². The van der Waals surface area contributed by atoms with Gasteiger partial charge in [-0.1, -0.05) is 6.07 Å². The van der Waals surface area contributed by atoms with Crippen LogP contribution in [0.2, 0.25) is 0 Å². The fourth-order valence-corrected chi connectivity index (χ4v) is 1.62. The number of pyridine rings is 1. The third-order valence-corrected chi connectivity index (χ3v) is 2.54. The van der Waals surface area contributed by atoms with Crippen LogP contribution in [-0.2, 0) is 6.54 Å². The number of aryl methyl sites for hydroxylation is 1. The molecule has 3 heteroatoms. The molecular formula is C14H13N3. The van der Waals surface area contributed by atoms with Crippen LogP contribution in [-0.4, -0.2) is 4.98 Å². The normalized spacial score (nSPS) is 9.65. The lowest BCUT2D eigenvalue weighted by molar-refractivity contribution is 1.04. The molecule has 1 aromatic carbocycles. The quantitative estimate of drug-likeness (QED) is 0.870. The van der Waals surface area contributed by atoms with Crippen molar-refractivity contribution in [3.63, 3.8) is 0 Å². The summed E-state index contributed by atoms with van der Waals surface area (Å²) in [6.45, 7) is 2.68. The van der Waals surface area contributed by atoms with Crippen LogP contribution >= 0.6 is 0 Å². The molecule has 84 valence electrons. The highest BCUT2D eigenvalue weighted by Crippen LogP contribution is 2.16. The Morgan fingerprint density at radius 3 is 2.82 bits per heavy atom. The molecule has 0 fully saturated rings. The lowest BCUT2D eigenvalue weighted by Gasteiger charge is -2.09. The molecule has 0 saturated heterocycles. The largest absolute Gasteiger partial charge is 0.379 e. The van der Waals surface area contributed by atoms with Crippen molar-refractivity contribution in [3.8, 4) is 6.07 Å². The molecule has 0 aliphatic carbocycles. The first kappa shape index (κ1) is 11.2. The second-order valence-corrected chi connectivity index (χ2v) is 3.82. The Morgan fingerprint density at radius 1 is 1.29 bits per heavy atom. The van der Waals surface area contributed by atoms with Crippen LogP contribution in [0, 0.1) is 18.3 Å². The van der Waals surface area contributed by atoms with E-state index < -0.39 is 0 Å². The Morgan fingerprint density at radius 2 is 2.18 bits per heavy atom. The molecule has 0 radical (unpaired) electrons. The Bertz CT molecular complexity index is 541. The van der Waals surface area contributed by atoms with Crippen LogP contribution in [0.5, 0.6) is 0 Å². The number of hydrogen-bond donors (Lipinski definition) is 1. The maximum absolute atomic E-state index is 8.78. The summed E-state index contributed by atoms with van der Waals surface area (Å²) in [5, 5.41) is 12.1. The van der Waals surface area contributed by atoms with Gasteiger partial charge in [-0.3, -0.25) is 4.98 Å². The molecule has 0 spiro atoms. The molecule has 2 aromatic rings. The lowest BCUT2D eigenvalue weighted by atomic mass is 10.1. The number of rotatable bonds is 3. The molecule has 3 nitrogen and oxygen atoms in total. The molecule has 0 aliphatic heterocycles. The van der Waals surface area contributed by atoms with Crippen LogP contribution in [0.3, 0.4) is 0 Å². The van der Waals surface area contributed by atoms with E-state index in [1.54, 1.807) is 6.20 Å². The Kier molecular flexibility index (Phi) is 3.37. The minimum Gasteiger partial charge on any atom is -0.379 e. The number of hydrogen-bond acceptors (Lipinski definition) is 3. The van der Waals surface area contributed by atoms with Gasteiger partial charge in [0.2, 0.25) is 0 Å². The van der Waals surface area contributed by atoms with E-state index in [1.807, 2.05) is 43.3 Å². The maximum Gasteiger partial charge on any atom is 0.0991 e. The van der Waals surface area contributed by atoms with Gasteiger partial charge in [-0.25, -0.2) is 0 Å². The third kappa shape index (κ3) is 2.82. The van der Waals surface area contributed by atoms with E-state index in [4.69, 9.17) is 5.26 Å². The van der Waals surface area contributed by atoms with Crippen LogP contribution < -0.4 is 5.32 Å². The van der Waals surface area contributed by atoms with Gasteiger partial charge in [-0.05, 0) is 42.8 Å². The van der Waals surface area contributed by atoms with Crippen LogP contribution in [0.1, 0.15) is 16.8 Å². The van der Waals surface area contributed by atoms with Gasteiger partial charge in [-0.2, -0.15) is 5.26 Å². The molecular weight excluding hydrogens is 210 g/mol. The number of aromatic nitrogens is 1. The summed E-state index contributed by atoms with van der Waals surface area (Å²) in [6, 6.07) is 13.6. The average molecular weight is 223 g/mol. The van der Waals surface area contributed by atoms with Crippen LogP contribution in [0.15, 0.2) is 42.6 Å². The SMILES string of the molecule is Cc1cc(C#N)ccc1NCc1ccccn1. The number of anilines is 1. The second-order valence-electron chi connectivity index (χ2n) is 3.82. The fourth-order valence-electron chi connectivity index (χ4n) is 1.62. The fraction of sp³-hybridized carbons (Fsp3) is 0.143. The first-order chi connectivity index (χ1) is 8.29. The van der Waals surface area contributed by atoms with Crippen molar-refractivity contribution >= 4 is 5.69 Å². The summed E-state index contributed by atoms with van der Waals surface area (Å²) in [6.07, 6.45) is 1.78. The third-order valence-electron chi connectivity index (χ3n) is 2.54. The predicted molar refractivity (Wildman–Crippen MR) is 67.5 cm³/mol. The van der Waals surface area contributed by atoms with E-state index in [9.17, 15) is 0 Å². The Hall–Kier alpha value is -2.34. The van der Waals surface area contributed by atoms with Crippen molar-refractivity contribution in [1.82, 2.24) is 4.98 Å². The van der Waals surface area contributed by atoms with E-state index in [0.717, 1.165) is 16.9 Å². The van der Waals surface area contributed by atoms with Crippen LogP contribution in [0.4, 0.5) is 5.69 Å². The predicted octanol–water partition coefficient (Wildman–Crippen LogP) is 2.87. The molecule has 0 saturated carbocycles. The lowest BCUT2D eigenvalue weighted by Crippen LogP contribution is -2.02. The second kappa shape index (κ2) is 5.13. The highest BCUT2D eigenvalue weighted by molar-refractivity contribution is 5.54. The molecule has 2 rings (SSSR count). The van der Waals surface area contributed by atoms with Gasteiger partial charge in [0.15, 0.2) is 0 Å². The van der Waals surface area contributed by atoms with Crippen LogP contribution in [0.25, 0.3) is 0 Å². The van der Waals surface area contributed by atoms with Gasteiger partial charge in [-0.15, -0.1) is 0 Å². The highest BCUT2D eigenvalue weighted by atomic mass is 14.9. The van der Waals surface area contributed by atoms with E-state index in [-0.39, 0.29) is 0 Å². The summed E-state index contributed by atoms with van der Waals surface area (Å²) < 4.78 is 0. The van der Waals surface area contributed by atoms with Gasteiger partial charge in [0.1, 0.15) is 0 Å². The topological polar surface area (TPSA) is 48.7 Å². The summed E-state index contributed by atoms with van der Waals surface area (Å²) in [5.41, 5.74) is 3.79. The Balaban J connectivity index is 2.08. The van der Waals surface area contributed by atoms with Gasteiger partial charge < -0.3 is 5.32 Å². The molecule has 0 aliphatic rings. The first-order valence-electron chi connectivity index (χ1n) is 5.44. The van der Waals surface area contributed by atoms with Crippen molar-refractivity contribution in [2.45, 2.75) is 13.5 Å². The van der Waals surface area contributed by atoms with E-state index >= 15 is 0 Å². The highest BCUT2D eigenvalue weighted by Gasteiger charge is 2.00. The van der Waals surface area contributed by atoms with Gasteiger partial charge >= 0.3 is 0 Å². The number of nitrogens with one attached hydrogen (secondary N) is 1. The summed E-state index contributed by atoms with van der Waals surface area (Å²) in [7, 11) is 0. The van der Waals surface area contributed by atoms with Crippen molar-refractivity contribution in [2.75, 3.05) is 5.32 Å².